The number of aryl methyl sites for hydroxylation is 2. The van der Waals surface area contributed by atoms with E-state index in [-0.39, 0.29) is 17.6 Å². The maximum Gasteiger partial charge on any atom is 0.293 e. The van der Waals surface area contributed by atoms with Crippen molar-refractivity contribution in [1.29, 1.82) is 0 Å². The summed E-state index contributed by atoms with van der Waals surface area (Å²) >= 11 is 0. The zero-order chi connectivity index (χ0) is 20.4. The lowest BCUT2D eigenvalue weighted by Crippen LogP contribution is -2.43. The highest BCUT2D eigenvalue weighted by Crippen LogP contribution is 2.23. The van der Waals surface area contributed by atoms with Crippen LogP contribution in [0, 0.1) is 6.92 Å². The summed E-state index contributed by atoms with van der Waals surface area (Å²) in [5.41, 5.74) is 2.37. The van der Waals surface area contributed by atoms with Gasteiger partial charge in [0.2, 0.25) is 11.7 Å². The Kier molecular flexibility index (Phi) is 5.16. The Morgan fingerprint density at radius 2 is 2.07 bits per heavy atom. The van der Waals surface area contributed by atoms with Crippen LogP contribution in [0.1, 0.15) is 41.8 Å². The van der Waals surface area contributed by atoms with Crippen molar-refractivity contribution in [3.63, 3.8) is 0 Å². The van der Waals surface area contributed by atoms with Crippen LogP contribution in [0.25, 0.3) is 5.69 Å². The van der Waals surface area contributed by atoms with E-state index in [1.807, 2.05) is 48.9 Å². The third-order valence-corrected chi connectivity index (χ3v) is 5.19. The van der Waals surface area contributed by atoms with Crippen molar-refractivity contribution in [2.45, 2.75) is 39.2 Å². The van der Waals surface area contributed by atoms with Crippen molar-refractivity contribution < 1.29 is 14.1 Å². The van der Waals surface area contributed by atoms with E-state index >= 15 is 0 Å². The van der Waals surface area contributed by atoms with Gasteiger partial charge in [0.05, 0.1) is 5.69 Å². The minimum Gasteiger partial charge on any atom is -0.351 e. The number of rotatable bonds is 5. The molecule has 1 atom stereocenters. The molecule has 1 aromatic carbocycles. The van der Waals surface area contributed by atoms with Crippen LogP contribution < -0.4 is 5.32 Å². The molecule has 1 unspecified atom stereocenters. The van der Waals surface area contributed by atoms with Crippen LogP contribution in [-0.4, -0.2) is 44.0 Å². The molecular formula is C21H23N5O3. The minimum atomic E-state index is -0.520. The molecule has 150 valence electrons. The fourth-order valence-corrected chi connectivity index (χ4v) is 3.58. The summed E-state index contributed by atoms with van der Waals surface area (Å²) in [5.74, 6) is 0.584. The van der Waals surface area contributed by atoms with Gasteiger partial charge in [-0.05, 0) is 50.5 Å². The van der Waals surface area contributed by atoms with Crippen LogP contribution in [0.2, 0.25) is 0 Å². The van der Waals surface area contributed by atoms with E-state index in [4.69, 9.17) is 4.52 Å². The predicted octanol–water partition coefficient (Wildman–Crippen LogP) is 2.97. The van der Waals surface area contributed by atoms with Crippen LogP contribution in [0.4, 0.5) is 5.69 Å². The van der Waals surface area contributed by atoms with Crippen LogP contribution in [-0.2, 0) is 11.2 Å². The maximum absolute atomic E-state index is 12.8. The molecule has 8 heteroatoms. The second-order valence-corrected chi connectivity index (χ2v) is 7.07. The molecule has 1 fully saturated rings. The number of amides is 2. The molecule has 0 spiro atoms. The molecule has 0 bridgehead atoms. The third-order valence-electron chi connectivity index (χ3n) is 5.19. The first kappa shape index (κ1) is 18.9. The Morgan fingerprint density at radius 1 is 1.28 bits per heavy atom. The summed E-state index contributed by atoms with van der Waals surface area (Å²) in [4.78, 5) is 31.4. The number of imidazole rings is 1. The highest BCUT2D eigenvalue weighted by atomic mass is 16.5. The number of nitrogens with zero attached hydrogens (tertiary/aromatic N) is 4. The zero-order valence-electron chi connectivity index (χ0n) is 16.5. The van der Waals surface area contributed by atoms with E-state index in [0.717, 1.165) is 23.6 Å². The average molecular weight is 393 g/mol. The normalized spacial score (nSPS) is 16.2. The lowest BCUT2D eigenvalue weighted by molar-refractivity contribution is -0.119. The molecule has 1 aliphatic heterocycles. The van der Waals surface area contributed by atoms with Crippen molar-refractivity contribution in [3.8, 4) is 5.69 Å². The van der Waals surface area contributed by atoms with Gasteiger partial charge in [0.25, 0.3) is 5.91 Å². The molecule has 4 rings (SSSR count). The first-order valence-electron chi connectivity index (χ1n) is 9.74. The Labute approximate surface area is 168 Å². The summed E-state index contributed by atoms with van der Waals surface area (Å²) in [6, 6.07) is 8.65. The van der Waals surface area contributed by atoms with Crippen LogP contribution >= 0.6 is 0 Å². The molecule has 0 saturated carbocycles. The Morgan fingerprint density at radius 3 is 2.72 bits per heavy atom. The molecule has 3 heterocycles. The number of aromatic nitrogens is 3. The number of hydrogen-bond acceptors (Lipinski definition) is 5. The fourth-order valence-electron chi connectivity index (χ4n) is 3.58. The average Bonchev–Trinajstić information content (AvgIpc) is 3.48. The van der Waals surface area contributed by atoms with Crippen molar-refractivity contribution in [1.82, 2.24) is 19.6 Å². The van der Waals surface area contributed by atoms with Crippen LogP contribution in [0.5, 0.6) is 0 Å². The number of carbonyl (C=O) groups is 2. The van der Waals surface area contributed by atoms with Gasteiger partial charge in [0, 0.05) is 36.4 Å². The zero-order valence-corrected chi connectivity index (χ0v) is 16.5. The van der Waals surface area contributed by atoms with Crippen molar-refractivity contribution in [2.24, 2.45) is 0 Å². The predicted molar refractivity (Wildman–Crippen MR) is 107 cm³/mol. The second kappa shape index (κ2) is 7.90. The molecule has 2 aromatic heterocycles. The number of anilines is 1. The molecule has 1 aliphatic rings. The molecule has 1 saturated heterocycles. The van der Waals surface area contributed by atoms with E-state index in [1.165, 1.54) is 0 Å². The van der Waals surface area contributed by atoms with E-state index in [2.05, 4.69) is 15.5 Å². The van der Waals surface area contributed by atoms with Gasteiger partial charge in [-0.15, -0.1) is 0 Å². The third kappa shape index (κ3) is 3.78. The molecule has 1 N–H and O–H groups in total. The van der Waals surface area contributed by atoms with Gasteiger partial charge in [-0.25, -0.2) is 4.98 Å². The van der Waals surface area contributed by atoms with Gasteiger partial charge in [0.1, 0.15) is 11.9 Å². The number of carbonyl (C=O) groups excluding carboxylic acids is 2. The van der Waals surface area contributed by atoms with E-state index in [0.29, 0.717) is 25.1 Å². The van der Waals surface area contributed by atoms with E-state index < -0.39 is 6.04 Å². The molecule has 8 nitrogen and oxygen atoms in total. The highest BCUT2D eigenvalue weighted by Gasteiger charge is 2.36. The summed E-state index contributed by atoms with van der Waals surface area (Å²) in [6.07, 6.45) is 5.72. The molecule has 29 heavy (non-hydrogen) atoms. The smallest absolute Gasteiger partial charge is 0.293 e. The van der Waals surface area contributed by atoms with Gasteiger partial charge >= 0.3 is 0 Å². The van der Waals surface area contributed by atoms with Crippen molar-refractivity contribution in [2.75, 3.05) is 11.9 Å². The van der Waals surface area contributed by atoms with Gasteiger partial charge < -0.3 is 19.3 Å². The Hall–Kier alpha value is -3.42. The number of nitrogens with one attached hydrogen (secondary N) is 1. The SMILES string of the molecule is CCc1cc(C(=O)N2CCCC2C(=O)Nc2ccc(-n3ccnc3C)cc2)on1. The summed E-state index contributed by atoms with van der Waals surface area (Å²) in [7, 11) is 0. The number of hydrogen-bond donors (Lipinski definition) is 1. The van der Waals surface area contributed by atoms with Crippen molar-refractivity contribution >= 4 is 17.5 Å². The van der Waals surface area contributed by atoms with Gasteiger partial charge in [-0.2, -0.15) is 0 Å². The maximum atomic E-state index is 12.8. The first-order chi connectivity index (χ1) is 14.1. The molecule has 0 aliphatic carbocycles. The first-order valence-corrected chi connectivity index (χ1v) is 9.74. The molecular weight excluding hydrogens is 370 g/mol. The molecule has 2 amide bonds. The molecule has 3 aromatic rings. The Bertz CT molecular complexity index is 1020. The lowest BCUT2D eigenvalue weighted by atomic mass is 10.2. The van der Waals surface area contributed by atoms with E-state index in [9.17, 15) is 9.59 Å². The van der Waals surface area contributed by atoms with E-state index in [1.54, 1.807) is 17.2 Å². The quantitative estimate of drug-likeness (QED) is 0.719. The van der Waals surface area contributed by atoms with Crippen molar-refractivity contribution in [3.05, 3.63) is 60.0 Å². The van der Waals surface area contributed by atoms with Gasteiger partial charge in [-0.1, -0.05) is 12.1 Å². The summed E-state index contributed by atoms with van der Waals surface area (Å²) < 4.78 is 7.12. The summed E-state index contributed by atoms with van der Waals surface area (Å²) in [6.45, 7) is 4.40. The fraction of sp³-hybridized carbons (Fsp3) is 0.333. The largest absolute Gasteiger partial charge is 0.351 e. The standard InChI is InChI=1S/C21H23N5O3/c1-3-15-13-19(29-24-15)21(28)26-11-4-5-18(26)20(27)23-16-6-8-17(9-7-16)25-12-10-22-14(25)2/h6-10,12-13,18H,3-5,11H2,1-2H3,(H,23,27). The summed E-state index contributed by atoms with van der Waals surface area (Å²) in [5, 5.41) is 6.79. The molecule has 0 radical (unpaired) electrons. The number of benzene rings is 1. The minimum absolute atomic E-state index is 0.182. The topological polar surface area (TPSA) is 93.3 Å². The lowest BCUT2D eigenvalue weighted by Gasteiger charge is -2.22. The van der Waals surface area contributed by atoms with Gasteiger partial charge in [0.15, 0.2) is 0 Å². The van der Waals surface area contributed by atoms with Crippen LogP contribution in [0.15, 0.2) is 47.2 Å². The van der Waals surface area contributed by atoms with Crippen LogP contribution in [0.3, 0.4) is 0 Å². The highest BCUT2D eigenvalue weighted by molar-refractivity contribution is 6.00. The van der Waals surface area contributed by atoms with Gasteiger partial charge in [-0.3, -0.25) is 9.59 Å². The second-order valence-electron chi connectivity index (χ2n) is 7.07. The number of likely N-dealkylation sites (tertiary alicyclic amines) is 1. The monoisotopic (exact) mass is 393 g/mol. The Balaban J connectivity index is 1.44.